The van der Waals surface area contributed by atoms with E-state index in [9.17, 15) is 8.76 Å². The molecule has 0 fully saturated rings. The standard InChI is InChI=1S/C14H12N2O3S/c1-8-14(9(2)19-16-8)10-6-12-11(4-3-5-15-12)13(7-10)20(17)18/h3-7H,1-2H3,(H,17,18)/p-1. The third-order valence-corrected chi connectivity index (χ3v) is 3.88. The second-order valence-electron chi connectivity index (χ2n) is 4.48. The van der Waals surface area contributed by atoms with Crippen LogP contribution in [0.2, 0.25) is 0 Å². The Bertz CT molecular complexity index is 807. The summed E-state index contributed by atoms with van der Waals surface area (Å²) in [5, 5.41) is 4.51. The van der Waals surface area contributed by atoms with Gasteiger partial charge in [0.15, 0.2) is 0 Å². The third-order valence-electron chi connectivity index (χ3n) is 3.18. The zero-order valence-electron chi connectivity index (χ0n) is 10.9. The number of aryl methyl sites for hydroxylation is 2. The van der Waals surface area contributed by atoms with Crippen LogP contribution in [0.3, 0.4) is 0 Å². The van der Waals surface area contributed by atoms with Gasteiger partial charge in [-0.1, -0.05) is 11.2 Å². The summed E-state index contributed by atoms with van der Waals surface area (Å²) in [6.45, 7) is 3.62. The lowest BCUT2D eigenvalue weighted by atomic mass is 10.0. The van der Waals surface area contributed by atoms with Gasteiger partial charge >= 0.3 is 0 Å². The summed E-state index contributed by atoms with van der Waals surface area (Å²) in [6.07, 6.45) is 1.64. The van der Waals surface area contributed by atoms with Gasteiger partial charge in [0, 0.05) is 22.0 Å². The molecule has 3 rings (SSSR count). The first-order chi connectivity index (χ1) is 9.58. The lowest BCUT2D eigenvalue weighted by molar-refractivity contribution is 0.393. The monoisotopic (exact) mass is 287 g/mol. The Morgan fingerprint density at radius 1 is 1.30 bits per heavy atom. The molecule has 102 valence electrons. The van der Waals surface area contributed by atoms with Crippen LogP contribution in [0, 0.1) is 13.8 Å². The molecule has 0 bridgehead atoms. The topological polar surface area (TPSA) is 79.0 Å². The van der Waals surface area contributed by atoms with Crippen molar-refractivity contribution in [1.82, 2.24) is 10.1 Å². The first-order valence-electron chi connectivity index (χ1n) is 5.99. The van der Waals surface area contributed by atoms with Crippen molar-refractivity contribution in [3.05, 3.63) is 41.9 Å². The second-order valence-corrected chi connectivity index (χ2v) is 5.39. The zero-order valence-corrected chi connectivity index (χ0v) is 11.7. The molecule has 0 N–H and O–H groups in total. The maximum Gasteiger partial charge on any atom is 0.141 e. The summed E-state index contributed by atoms with van der Waals surface area (Å²) < 4.78 is 28.0. The second kappa shape index (κ2) is 4.81. The first kappa shape index (κ1) is 13.0. The van der Waals surface area contributed by atoms with Crippen molar-refractivity contribution < 1.29 is 13.3 Å². The molecule has 20 heavy (non-hydrogen) atoms. The largest absolute Gasteiger partial charge is 0.768 e. The molecular weight excluding hydrogens is 276 g/mol. The SMILES string of the molecule is Cc1noc(C)c1-c1cc(S(=O)[O-])c2cccnc2c1. The maximum absolute atomic E-state index is 11.4. The average Bonchev–Trinajstić information content (AvgIpc) is 2.77. The molecule has 0 aliphatic rings. The summed E-state index contributed by atoms with van der Waals surface area (Å²) in [5.41, 5.74) is 2.90. The molecule has 0 aliphatic heterocycles. The molecule has 0 saturated heterocycles. The van der Waals surface area contributed by atoms with Crippen LogP contribution in [-0.2, 0) is 11.1 Å². The van der Waals surface area contributed by atoms with E-state index in [2.05, 4.69) is 10.1 Å². The van der Waals surface area contributed by atoms with Gasteiger partial charge < -0.3 is 9.08 Å². The summed E-state index contributed by atoms with van der Waals surface area (Å²) in [4.78, 5) is 4.46. The molecule has 6 heteroatoms. The van der Waals surface area contributed by atoms with Crippen LogP contribution in [0.25, 0.3) is 22.0 Å². The van der Waals surface area contributed by atoms with Gasteiger partial charge in [-0.3, -0.25) is 9.19 Å². The molecule has 0 radical (unpaired) electrons. The summed E-state index contributed by atoms with van der Waals surface area (Å²) >= 11 is -2.33. The van der Waals surface area contributed by atoms with Crippen molar-refractivity contribution in [3.63, 3.8) is 0 Å². The van der Waals surface area contributed by atoms with Crippen molar-refractivity contribution in [1.29, 1.82) is 0 Å². The number of pyridine rings is 1. The van der Waals surface area contributed by atoms with E-state index in [1.54, 1.807) is 31.3 Å². The fourth-order valence-corrected chi connectivity index (χ4v) is 2.90. The van der Waals surface area contributed by atoms with Crippen molar-refractivity contribution in [2.75, 3.05) is 0 Å². The van der Waals surface area contributed by atoms with Crippen LogP contribution < -0.4 is 0 Å². The number of benzene rings is 1. The van der Waals surface area contributed by atoms with E-state index >= 15 is 0 Å². The third kappa shape index (κ3) is 2.03. The minimum absolute atomic E-state index is 0.227. The van der Waals surface area contributed by atoms with Gasteiger partial charge in [-0.2, -0.15) is 0 Å². The Morgan fingerprint density at radius 3 is 2.75 bits per heavy atom. The minimum Gasteiger partial charge on any atom is -0.768 e. The number of hydrogen-bond donors (Lipinski definition) is 0. The highest BCUT2D eigenvalue weighted by atomic mass is 32.2. The Morgan fingerprint density at radius 2 is 2.10 bits per heavy atom. The van der Waals surface area contributed by atoms with E-state index in [1.807, 2.05) is 13.0 Å². The molecule has 5 nitrogen and oxygen atoms in total. The van der Waals surface area contributed by atoms with E-state index in [0.29, 0.717) is 16.7 Å². The highest BCUT2D eigenvalue weighted by Crippen LogP contribution is 2.32. The maximum atomic E-state index is 11.4. The predicted molar refractivity (Wildman–Crippen MR) is 73.9 cm³/mol. The molecule has 3 aromatic rings. The molecule has 0 spiro atoms. The molecule has 1 unspecified atom stereocenters. The van der Waals surface area contributed by atoms with Gasteiger partial charge in [0.2, 0.25) is 0 Å². The zero-order chi connectivity index (χ0) is 14.3. The van der Waals surface area contributed by atoms with Gasteiger partial charge in [-0.05, 0) is 48.7 Å². The lowest BCUT2D eigenvalue weighted by Crippen LogP contribution is -1.94. The van der Waals surface area contributed by atoms with Crippen molar-refractivity contribution in [2.45, 2.75) is 18.7 Å². The Balaban J connectivity index is 2.36. The highest BCUT2D eigenvalue weighted by molar-refractivity contribution is 7.79. The number of fused-ring (bicyclic) bond motifs is 1. The minimum atomic E-state index is -2.33. The van der Waals surface area contributed by atoms with Gasteiger partial charge in [0.25, 0.3) is 0 Å². The van der Waals surface area contributed by atoms with E-state index < -0.39 is 11.1 Å². The van der Waals surface area contributed by atoms with Crippen LogP contribution >= 0.6 is 0 Å². The number of nitrogens with zero attached hydrogens (tertiary/aromatic N) is 2. The Hall–Kier alpha value is -2.05. The van der Waals surface area contributed by atoms with E-state index in [1.165, 1.54) is 0 Å². The molecule has 1 aromatic carbocycles. The first-order valence-corrected chi connectivity index (χ1v) is 7.06. The van der Waals surface area contributed by atoms with Crippen molar-refractivity contribution in [3.8, 4) is 11.1 Å². The van der Waals surface area contributed by atoms with Gasteiger partial charge in [-0.15, -0.1) is 0 Å². The molecule has 0 aliphatic carbocycles. The van der Waals surface area contributed by atoms with Gasteiger partial charge in [0.05, 0.1) is 11.2 Å². The number of rotatable bonds is 2. The van der Waals surface area contributed by atoms with Crippen LogP contribution in [0.5, 0.6) is 0 Å². The summed E-state index contributed by atoms with van der Waals surface area (Å²) in [5.74, 6) is 0.653. The average molecular weight is 287 g/mol. The van der Waals surface area contributed by atoms with Crippen LogP contribution in [0.15, 0.2) is 39.9 Å². The Labute approximate surface area is 117 Å². The fourth-order valence-electron chi connectivity index (χ4n) is 2.33. The summed E-state index contributed by atoms with van der Waals surface area (Å²) in [7, 11) is 0. The molecule has 0 amide bonds. The van der Waals surface area contributed by atoms with Crippen LogP contribution in [-0.4, -0.2) is 18.9 Å². The van der Waals surface area contributed by atoms with Crippen LogP contribution in [0.1, 0.15) is 11.5 Å². The van der Waals surface area contributed by atoms with Gasteiger partial charge in [-0.25, -0.2) is 0 Å². The predicted octanol–water partition coefficient (Wildman–Crippen LogP) is 2.74. The quantitative estimate of drug-likeness (QED) is 0.677. The number of aromatic nitrogens is 2. The lowest BCUT2D eigenvalue weighted by Gasteiger charge is -2.11. The van der Waals surface area contributed by atoms with E-state index in [-0.39, 0.29) is 4.90 Å². The molecule has 2 aromatic heterocycles. The van der Waals surface area contributed by atoms with Crippen LogP contribution in [0.4, 0.5) is 0 Å². The summed E-state index contributed by atoms with van der Waals surface area (Å²) in [6, 6.07) is 6.93. The number of hydrogen-bond acceptors (Lipinski definition) is 5. The molecule has 1 atom stereocenters. The molecule has 2 heterocycles. The normalized spacial score (nSPS) is 12.8. The van der Waals surface area contributed by atoms with Gasteiger partial charge in [0.1, 0.15) is 5.76 Å². The van der Waals surface area contributed by atoms with Crippen molar-refractivity contribution >= 4 is 22.0 Å². The highest BCUT2D eigenvalue weighted by Gasteiger charge is 2.14. The van der Waals surface area contributed by atoms with E-state index in [4.69, 9.17) is 4.52 Å². The smallest absolute Gasteiger partial charge is 0.141 e. The fraction of sp³-hybridized carbons (Fsp3) is 0.143. The van der Waals surface area contributed by atoms with E-state index in [0.717, 1.165) is 16.8 Å². The Kier molecular flexibility index (Phi) is 3.11. The molecular formula is C14H11N2O3S-. The van der Waals surface area contributed by atoms with Crippen molar-refractivity contribution in [2.24, 2.45) is 0 Å². The molecule has 0 saturated carbocycles.